The molecule has 0 radical (unpaired) electrons. The van der Waals surface area contributed by atoms with E-state index < -0.39 is 56.1 Å². The Bertz CT molecular complexity index is 1090. The quantitative estimate of drug-likeness (QED) is 0.132. The molecule has 0 spiro atoms. The minimum Gasteiger partial charge on any atom is -0.405 e. The van der Waals surface area contributed by atoms with Crippen LogP contribution in [0, 0.1) is 5.92 Å². The van der Waals surface area contributed by atoms with Crippen molar-refractivity contribution in [2.24, 2.45) is 5.92 Å². The standard InChI is InChI=1S/C34H54O9Si/c1-24(34(38)31(41-8)30(36)33(5,37)29(43-34)20-15-21-39-6)28(35)22-25(40-7)23-42-44(32(2,3)4,26-16-11-9-12-17-26)27-18-13-10-14-19-27/h9-14,16-19,24-25,28-31,35-38H,15,20-23H2,1-8H3/t24-,25+,28+,29-,30-,31-,33-,34+/m1/s1/i37+2,38+2. The van der Waals surface area contributed by atoms with Gasteiger partial charge in [-0.3, -0.25) is 0 Å². The first-order chi connectivity index (χ1) is 20.7. The molecular formula is C34H54O9Si. The molecule has 2 aromatic rings. The van der Waals surface area contributed by atoms with Crippen molar-refractivity contribution in [3.8, 4) is 0 Å². The summed E-state index contributed by atoms with van der Waals surface area (Å²) in [6.45, 7) is 10.3. The number of methoxy groups -OCH3 is 3. The second-order valence-corrected chi connectivity index (χ2v) is 17.5. The lowest BCUT2D eigenvalue weighted by Crippen LogP contribution is -2.72. The van der Waals surface area contributed by atoms with Gasteiger partial charge in [-0.1, -0.05) is 88.4 Å². The zero-order valence-electron chi connectivity index (χ0n) is 27.6. The summed E-state index contributed by atoms with van der Waals surface area (Å²) in [6.07, 6.45) is -4.35. The van der Waals surface area contributed by atoms with Crippen molar-refractivity contribution in [2.75, 3.05) is 34.5 Å². The predicted octanol–water partition coefficient (Wildman–Crippen LogP) is 2.61. The monoisotopic (exact) mass is 638 g/mol. The average molecular weight is 639 g/mol. The fourth-order valence-corrected chi connectivity index (χ4v) is 11.1. The van der Waals surface area contributed by atoms with E-state index >= 15 is 0 Å². The third-order valence-electron chi connectivity index (χ3n) is 9.31. The van der Waals surface area contributed by atoms with Crippen molar-refractivity contribution >= 4 is 18.7 Å². The summed E-state index contributed by atoms with van der Waals surface area (Å²) < 4.78 is 29.6. The molecule has 44 heavy (non-hydrogen) atoms. The van der Waals surface area contributed by atoms with Crippen molar-refractivity contribution in [3.63, 3.8) is 0 Å². The average Bonchev–Trinajstić information content (AvgIpc) is 2.99. The highest BCUT2D eigenvalue weighted by molar-refractivity contribution is 6.99. The first-order valence-corrected chi connectivity index (χ1v) is 17.4. The molecule has 4 N–H and O–H groups in total. The topological polar surface area (TPSA) is 127 Å². The van der Waals surface area contributed by atoms with E-state index in [4.69, 9.17) is 23.4 Å². The van der Waals surface area contributed by atoms with Crippen LogP contribution in [0.3, 0.4) is 0 Å². The molecule has 10 heteroatoms. The van der Waals surface area contributed by atoms with E-state index in [-0.39, 0.29) is 18.1 Å². The lowest BCUT2D eigenvalue weighted by atomic mass is 9.77. The van der Waals surface area contributed by atoms with Crippen LogP contribution in [0.5, 0.6) is 0 Å². The van der Waals surface area contributed by atoms with Crippen molar-refractivity contribution in [1.29, 1.82) is 0 Å². The Kier molecular flexibility index (Phi) is 12.7. The zero-order chi connectivity index (χ0) is 32.8. The van der Waals surface area contributed by atoms with Crippen LogP contribution in [-0.2, 0) is 23.4 Å². The van der Waals surface area contributed by atoms with Crippen molar-refractivity contribution in [1.82, 2.24) is 0 Å². The lowest BCUT2D eigenvalue weighted by molar-refractivity contribution is -0.393. The van der Waals surface area contributed by atoms with Crippen LogP contribution in [0.4, 0.5) is 0 Å². The first kappa shape index (κ1) is 36.8. The molecule has 0 amide bonds. The van der Waals surface area contributed by atoms with Gasteiger partial charge in [-0.05, 0) is 35.2 Å². The van der Waals surface area contributed by atoms with Gasteiger partial charge in [0, 0.05) is 40.3 Å². The van der Waals surface area contributed by atoms with Gasteiger partial charge >= 0.3 is 0 Å². The number of aliphatic hydroxyl groups is 4. The molecule has 9 nitrogen and oxygen atoms in total. The molecule has 8 atom stereocenters. The highest BCUT2D eigenvalue weighted by Gasteiger charge is 2.62. The minimum atomic E-state index is -2.85. The number of ether oxygens (including phenoxy) is 4. The maximum atomic E-state index is 11.9. The molecule has 248 valence electrons. The molecule has 1 aliphatic heterocycles. The number of hydrogen-bond donors (Lipinski definition) is 4. The maximum Gasteiger partial charge on any atom is 0.261 e. The van der Waals surface area contributed by atoms with Gasteiger partial charge < -0.3 is 43.8 Å². The fraction of sp³-hybridized carbons (Fsp3) is 0.647. The van der Waals surface area contributed by atoms with E-state index in [0.717, 1.165) is 10.4 Å². The summed E-state index contributed by atoms with van der Waals surface area (Å²) >= 11 is 0. The minimum absolute atomic E-state index is 0.124. The number of hydrogen-bond acceptors (Lipinski definition) is 9. The van der Waals surface area contributed by atoms with Gasteiger partial charge in [-0.25, -0.2) is 0 Å². The van der Waals surface area contributed by atoms with E-state index in [0.29, 0.717) is 19.4 Å². The van der Waals surface area contributed by atoms with Gasteiger partial charge in [0.05, 0.1) is 24.9 Å². The van der Waals surface area contributed by atoms with E-state index in [1.165, 1.54) is 14.0 Å². The Morgan fingerprint density at radius 2 is 1.52 bits per heavy atom. The maximum absolute atomic E-state index is 11.9. The molecule has 1 fully saturated rings. The molecular weight excluding hydrogens is 584 g/mol. The van der Waals surface area contributed by atoms with Crippen LogP contribution in [-0.4, -0.2) is 105 Å². The van der Waals surface area contributed by atoms with E-state index in [1.54, 1.807) is 21.1 Å². The van der Waals surface area contributed by atoms with Gasteiger partial charge in [0.2, 0.25) is 0 Å². The summed E-state index contributed by atoms with van der Waals surface area (Å²) in [7, 11) is 1.64. The SMILES string of the molecule is COCCC[C@H]1O[C@@]([18OH])([C@H](C)[C@@H](O)C[C@@H](CO[Si](c2ccccc2)(c2ccccc2)C(C)(C)C)OC)[C@H](OC)[C@@H](O)[C@]1(C)[18OH]. The molecule has 0 aromatic heterocycles. The fourth-order valence-electron chi connectivity index (χ4n) is 6.53. The van der Waals surface area contributed by atoms with Crippen molar-refractivity contribution in [3.05, 3.63) is 60.7 Å². The Balaban J connectivity index is 1.86. The van der Waals surface area contributed by atoms with E-state index in [1.807, 2.05) is 36.4 Å². The second kappa shape index (κ2) is 15.3. The van der Waals surface area contributed by atoms with Crippen LogP contribution >= 0.6 is 0 Å². The summed E-state index contributed by atoms with van der Waals surface area (Å²) in [5, 5.41) is 47.7. The Morgan fingerprint density at radius 3 is 1.98 bits per heavy atom. The van der Waals surface area contributed by atoms with Crippen LogP contribution in [0.15, 0.2) is 60.7 Å². The van der Waals surface area contributed by atoms with Gasteiger partial charge in [0.15, 0.2) is 5.79 Å². The molecule has 0 bridgehead atoms. The number of benzene rings is 2. The Labute approximate surface area is 264 Å². The molecule has 1 aliphatic rings. The molecule has 0 aliphatic carbocycles. The van der Waals surface area contributed by atoms with Crippen LogP contribution in [0.1, 0.15) is 53.9 Å². The smallest absolute Gasteiger partial charge is 0.261 e. The third kappa shape index (κ3) is 7.47. The summed E-state index contributed by atoms with van der Waals surface area (Å²) in [5.41, 5.74) is -1.69. The molecule has 0 unspecified atom stereocenters. The highest BCUT2D eigenvalue weighted by Crippen LogP contribution is 2.43. The summed E-state index contributed by atoms with van der Waals surface area (Å²) in [6, 6.07) is 20.6. The predicted molar refractivity (Wildman–Crippen MR) is 173 cm³/mol. The third-order valence-corrected chi connectivity index (χ3v) is 14.3. The van der Waals surface area contributed by atoms with Gasteiger partial charge in [0.25, 0.3) is 8.32 Å². The van der Waals surface area contributed by atoms with E-state index in [9.17, 15) is 20.4 Å². The molecule has 2 aromatic carbocycles. The lowest BCUT2D eigenvalue weighted by Gasteiger charge is -2.54. The molecule has 0 saturated carbocycles. The van der Waals surface area contributed by atoms with Gasteiger partial charge in [-0.2, -0.15) is 0 Å². The first-order valence-electron chi connectivity index (χ1n) is 15.5. The summed E-state index contributed by atoms with van der Waals surface area (Å²) in [4.78, 5) is 0. The molecule has 1 saturated heterocycles. The Hall–Kier alpha value is -1.70. The van der Waals surface area contributed by atoms with Gasteiger partial charge in [-0.15, -0.1) is 0 Å². The van der Waals surface area contributed by atoms with Crippen molar-refractivity contribution in [2.45, 2.75) is 101 Å². The second-order valence-electron chi connectivity index (χ2n) is 13.2. The number of aliphatic hydroxyl groups excluding tert-OH is 2. The van der Waals surface area contributed by atoms with Crippen LogP contribution in [0.25, 0.3) is 0 Å². The highest BCUT2D eigenvalue weighted by atomic mass is 28.4. The normalized spacial score (nSPS) is 28.4. The van der Waals surface area contributed by atoms with Crippen LogP contribution < -0.4 is 10.4 Å². The Morgan fingerprint density at radius 1 is 0.977 bits per heavy atom. The number of rotatable bonds is 15. The molecule has 3 rings (SSSR count). The largest absolute Gasteiger partial charge is 0.405 e. The van der Waals surface area contributed by atoms with Crippen LogP contribution in [0.2, 0.25) is 5.04 Å². The van der Waals surface area contributed by atoms with E-state index in [2.05, 4.69) is 45.0 Å². The van der Waals surface area contributed by atoms with Gasteiger partial charge in [0.1, 0.15) is 17.8 Å². The molecule has 1 heterocycles. The summed E-state index contributed by atoms with van der Waals surface area (Å²) in [5.74, 6) is -3.02. The zero-order valence-corrected chi connectivity index (χ0v) is 28.6. The van der Waals surface area contributed by atoms with Crippen molar-refractivity contribution < 1.29 is 43.8 Å².